The van der Waals surface area contributed by atoms with Crippen LogP contribution in [0, 0.1) is 0 Å². The molecule has 1 heterocycles. The Balaban J connectivity index is 2.52. The highest BCUT2D eigenvalue weighted by Gasteiger charge is 2.31. The second kappa shape index (κ2) is 4.35. The monoisotopic (exact) mass is 219 g/mol. The molecule has 0 saturated carbocycles. The molecule has 0 unspecified atom stereocenters. The average Bonchev–Trinajstić information content (AvgIpc) is 1.98. The molecule has 0 aromatic rings. The summed E-state index contributed by atoms with van der Waals surface area (Å²) in [6, 6.07) is 0. The van der Waals surface area contributed by atoms with Gasteiger partial charge in [-0.25, -0.2) is 9.18 Å². The molecule has 0 aliphatic carbocycles. The molecule has 1 saturated heterocycles. The summed E-state index contributed by atoms with van der Waals surface area (Å²) in [5, 5.41) is 9.31. The average molecular weight is 219 g/mol. The number of rotatable bonds is 0. The van der Waals surface area contributed by atoms with Gasteiger partial charge in [0.05, 0.1) is 19.2 Å². The molecule has 4 nitrogen and oxygen atoms in total. The molecule has 0 bridgehead atoms. The Morgan fingerprint density at radius 1 is 1.47 bits per heavy atom. The van der Waals surface area contributed by atoms with E-state index < -0.39 is 24.0 Å². The van der Waals surface area contributed by atoms with E-state index in [-0.39, 0.29) is 19.5 Å². The van der Waals surface area contributed by atoms with E-state index in [1.54, 1.807) is 20.8 Å². The maximum absolute atomic E-state index is 13.1. The molecule has 2 atom stereocenters. The second-order valence-electron chi connectivity index (χ2n) is 4.87. The quantitative estimate of drug-likeness (QED) is 0.668. The van der Waals surface area contributed by atoms with Crippen LogP contribution in [0.15, 0.2) is 0 Å². The van der Waals surface area contributed by atoms with Crippen molar-refractivity contribution in [1.82, 2.24) is 4.90 Å². The van der Waals surface area contributed by atoms with Crippen molar-refractivity contribution < 1.29 is 19.0 Å². The number of amides is 1. The number of halogens is 1. The molecule has 0 aromatic heterocycles. The standard InChI is InChI=1S/C10H18FNO3/c1-10(2,3)15-9(14)12-5-7(11)4-8(13)6-12/h7-8,13H,4-6H2,1-3H3/t7-,8-/m1/s1. The van der Waals surface area contributed by atoms with Gasteiger partial charge in [0.15, 0.2) is 0 Å². The SMILES string of the molecule is CC(C)(C)OC(=O)N1C[C@H](O)C[C@@H](F)C1. The van der Waals surface area contributed by atoms with E-state index >= 15 is 0 Å². The molecule has 1 fully saturated rings. The Hall–Kier alpha value is -0.840. The van der Waals surface area contributed by atoms with Crippen LogP contribution in [0.25, 0.3) is 0 Å². The van der Waals surface area contributed by atoms with E-state index in [0.717, 1.165) is 0 Å². The third-order valence-corrected chi connectivity index (χ3v) is 2.03. The summed E-state index contributed by atoms with van der Waals surface area (Å²) in [5.41, 5.74) is -0.592. The first kappa shape index (κ1) is 12.2. The number of hydrogen-bond acceptors (Lipinski definition) is 3. The molecule has 15 heavy (non-hydrogen) atoms. The summed E-state index contributed by atoms with van der Waals surface area (Å²) in [6.07, 6.45) is -2.43. The summed E-state index contributed by atoms with van der Waals surface area (Å²) in [5.74, 6) is 0. The van der Waals surface area contributed by atoms with Crippen molar-refractivity contribution in [1.29, 1.82) is 0 Å². The van der Waals surface area contributed by atoms with Crippen LogP contribution in [0.2, 0.25) is 0 Å². The molecule has 0 aromatic carbocycles. The molecular weight excluding hydrogens is 201 g/mol. The van der Waals surface area contributed by atoms with Crippen molar-refractivity contribution in [2.75, 3.05) is 13.1 Å². The van der Waals surface area contributed by atoms with Crippen molar-refractivity contribution in [3.63, 3.8) is 0 Å². The highest BCUT2D eigenvalue weighted by molar-refractivity contribution is 5.68. The van der Waals surface area contributed by atoms with E-state index in [1.807, 2.05) is 0 Å². The number of aliphatic hydroxyl groups is 1. The maximum atomic E-state index is 13.1. The molecular formula is C10H18FNO3. The number of piperidine rings is 1. The molecule has 1 N–H and O–H groups in total. The minimum atomic E-state index is -1.17. The highest BCUT2D eigenvalue weighted by Crippen LogP contribution is 2.17. The Morgan fingerprint density at radius 3 is 2.53 bits per heavy atom. The van der Waals surface area contributed by atoms with Gasteiger partial charge in [-0.2, -0.15) is 0 Å². The Morgan fingerprint density at radius 2 is 2.07 bits per heavy atom. The molecule has 5 heteroatoms. The van der Waals surface area contributed by atoms with Crippen molar-refractivity contribution in [2.24, 2.45) is 0 Å². The fourth-order valence-electron chi connectivity index (χ4n) is 1.49. The number of alkyl halides is 1. The largest absolute Gasteiger partial charge is 0.444 e. The van der Waals surface area contributed by atoms with Crippen LogP contribution in [-0.4, -0.2) is 47.1 Å². The second-order valence-corrected chi connectivity index (χ2v) is 4.87. The van der Waals surface area contributed by atoms with Gasteiger partial charge < -0.3 is 14.7 Å². The summed E-state index contributed by atoms with van der Waals surface area (Å²) < 4.78 is 18.2. The van der Waals surface area contributed by atoms with Crippen LogP contribution in [0.5, 0.6) is 0 Å². The molecule has 1 aliphatic rings. The van der Waals surface area contributed by atoms with Crippen molar-refractivity contribution >= 4 is 6.09 Å². The minimum absolute atomic E-state index is 0.00593. The van der Waals surface area contributed by atoms with Crippen LogP contribution in [-0.2, 0) is 4.74 Å². The number of carbonyl (C=O) groups is 1. The summed E-state index contributed by atoms with van der Waals surface area (Å²) in [6.45, 7) is 5.40. The van der Waals surface area contributed by atoms with Gasteiger partial charge in [0.25, 0.3) is 0 Å². The maximum Gasteiger partial charge on any atom is 0.410 e. The molecule has 0 radical (unpaired) electrons. The van der Waals surface area contributed by atoms with Crippen molar-refractivity contribution in [2.45, 2.75) is 45.1 Å². The summed E-state index contributed by atoms with van der Waals surface area (Å²) in [4.78, 5) is 12.7. The van der Waals surface area contributed by atoms with Gasteiger partial charge in [0.1, 0.15) is 11.8 Å². The van der Waals surface area contributed by atoms with E-state index in [1.165, 1.54) is 4.90 Å². The summed E-state index contributed by atoms with van der Waals surface area (Å²) >= 11 is 0. The highest BCUT2D eigenvalue weighted by atomic mass is 19.1. The number of β-amino-alcohol motifs (C(OH)–C–C–N with tert-alkyl or cyclic N) is 1. The minimum Gasteiger partial charge on any atom is -0.444 e. The van der Waals surface area contributed by atoms with E-state index in [2.05, 4.69) is 0 Å². The van der Waals surface area contributed by atoms with Gasteiger partial charge in [0.2, 0.25) is 0 Å². The summed E-state index contributed by atoms with van der Waals surface area (Å²) in [7, 11) is 0. The number of carbonyl (C=O) groups excluding carboxylic acids is 1. The van der Waals surface area contributed by atoms with E-state index in [9.17, 15) is 14.3 Å². The lowest BCUT2D eigenvalue weighted by Gasteiger charge is -2.33. The zero-order chi connectivity index (χ0) is 11.6. The number of hydrogen-bond donors (Lipinski definition) is 1. The molecule has 0 spiro atoms. The Bertz CT molecular complexity index is 229. The predicted molar refractivity (Wildman–Crippen MR) is 53.3 cm³/mol. The normalized spacial score (nSPS) is 27.7. The third kappa shape index (κ3) is 4.03. The van der Waals surface area contributed by atoms with Crippen LogP contribution < -0.4 is 0 Å². The number of likely N-dealkylation sites (tertiary alicyclic amines) is 1. The van der Waals surface area contributed by atoms with Gasteiger partial charge in [0, 0.05) is 6.42 Å². The first-order valence-corrected chi connectivity index (χ1v) is 5.08. The zero-order valence-corrected chi connectivity index (χ0v) is 9.36. The van der Waals surface area contributed by atoms with E-state index in [4.69, 9.17) is 4.74 Å². The van der Waals surface area contributed by atoms with E-state index in [0.29, 0.717) is 0 Å². The smallest absolute Gasteiger partial charge is 0.410 e. The first-order chi connectivity index (χ1) is 6.78. The zero-order valence-electron chi connectivity index (χ0n) is 9.36. The lowest BCUT2D eigenvalue weighted by atomic mass is 10.1. The van der Waals surface area contributed by atoms with Crippen LogP contribution in [0.4, 0.5) is 9.18 Å². The van der Waals surface area contributed by atoms with Gasteiger partial charge in [-0.05, 0) is 20.8 Å². The Kier molecular flexibility index (Phi) is 3.54. The van der Waals surface area contributed by atoms with Gasteiger partial charge in [-0.3, -0.25) is 0 Å². The van der Waals surface area contributed by atoms with Crippen LogP contribution in [0.1, 0.15) is 27.2 Å². The molecule has 1 amide bonds. The molecule has 1 rings (SSSR count). The van der Waals surface area contributed by atoms with Crippen molar-refractivity contribution in [3.8, 4) is 0 Å². The lowest BCUT2D eigenvalue weighted by molar-refractivity contribution is -0.0124. The van der Waals surface area contributed by atoms with Crippen molar-refractivity contribution in [3.05, 3.63) is 0 Å². The fraction of sp³-hybridized carbons (Fsp3) is 0.900. The van der Waals surface area contributed by atoms with Crippen LogP contribution >= 0.6 is 0 Å². The molecule has 1 aliphatic heterocycles. The Labute approximate surface area is 89.0 Å². The fourth-order valence-corrected chi connectivity index (χ4v) is 1.49. The lowest BCUT2D eigenvalue weighted by Crippen LogP contribution is -2.48. The third-order valence-electron chi connectivity index (χ3n) is 2.03. The number of aliphatic hydroxyl groups excluding tert-OH is 1. The first-order valence-electron chi connectivity index (χ1n) is 5.08. The van der Waals surface area contributed by atoms with Crippen LogP contribution in [0.3, 0.4) is 0 Å². The number of ether oxygens (including phenoxy) is 1. The topological polar surface area (TPSA) is 49.8 Å². The number of nitrogens with zero attached hydrogens (tertiary/aromatic N) is 1. The van der Waals surface area contributed by atoms with Gasteiger partial charge in [-0.15, -0.1) is 0 Å². The van der Waals surface area contributed by atoms with Gasteiger partial charge in [-0.1, -0.05) is 0 Å². The molecule has 88 valence electrons. The van der Waals surface area contributed by atoms with Gasteiger partial charge >= 0.3 is 6.09 Å². The predicted octanol–water partition coefficient (Wildman–Crippen LogP) is 1.33.